The van der Waals surface area contributed by atoms with E-state index in [4.69, 9.17) is 5.26 Å². The van der Waals surface area contributed by atoms with Gasteiger partial charge in [-0.15, -0.1) is 11.3 Å². The molecule has 1 heterocycles. The van der Waals surface area contributed by atoms with Gasteiger partial charge in [-0.05, 0) is 41.3 Å². The monoisotopic (exact) mass is 354 g/mol. The lowest BCUT2D eigenvalue weighted by Gasteiger charge is -2.18. The van der Waals surface area contributed by atoms with E-state index in [-0.39, 0.29) is 4.90 Å². The van der Waals surface area contributed by atoms with E-state index in [1.54, 1.807) is 0 Å². The van der Waals surface area contributed by atoms with Gasteiger partial charge in [0.15, 0.2) is 0 Å². The third-order valence-electron chi connectivity index (χ3n) is 3.53. The molecular weight excluding hydrogens is 340 g/mol. The van der Waals surface area contributed by atoms with Crippen molar-refractivity contribution in [1.82, 2.24) is 4.72 Å². The van der Waals surface area contributed by atoms with E-state index in [0.29, 0.717) is 5.56 Å². The molecule has 0 bridgehead atoms. The highest BCUT2D eigenvalue weighted by Gasteiger charge is 2.23. The van der Waals surface area contributed by atoms with Crippen LogP contribution in [0, 0.1) is 11.3 Å². The fraction of sp³-hybridized carbons (Fsp3) is 0.0556. The smallest absolute Gasteiger partial charge is 0.207 e. The van der Waals surface area contributed by atoms with E-state index in [9.17, 15) is 8.42 Å². The zero-order valence-corrected chi connectivity index (χ0v) is 14.2. The number of nitrogens with zero attached hydrogens (tertiary/aromatic N) is 1. The average molecular weight is 354 g/mol. The third-order valence-corrected chi connectivity index (χ3v) is 5.90. The van der Waals surface area contributed by atoms with Gasteiger partial charge in [0.25, 0.3) is 0 Å². The lowest BCUT2D eigenvalue weighted by molar-refractivity contribution is 0.573. The van der Waals surface area contributed by atoms with Gasteiger partial charge >= 0.3 is 0 Å². The Bertz CT molecular complexity index is 943. The number of benzene rings is 2. The van der Waals surface area contributed by atoms with Crippen LogP contribution in [0.15, 0.2) is 77.0 Å². The van der Waals surface area contributed by atoms with E-state index < -0.39 is 16.1 Å². The molecule has 0 amide bonds. The zero-order chi connectivity index (χ0) is 17.0. The molecule has 1 unspecified atom stereocenters. The number of rotatable bonds is 5. The van der Waals surface area contributed by atoms with Crippen molar-refractivity contribution in [3.63, 3.8) is 0 Å². The van der Waals surface area contributed by atoms with Crippen LogP contribution < -0.4 is 4.72 Å². The van der Waals surface area contributed by atoms with Crippen molar-refractivity contribution in [3.05, 3.63) is 88.1 Å². The highest BCUT2D eigenvalue weighted by molar-refractivity contribution is 7.89. The molecule has 6 heteroatoms. The van der Waals surface area contributed by atoms with Gasteiger partial charge in [-0.1, -0.05) is 36.4 Å². The first-order valence-corrected chi connectivity index (χ1v) is 9.57. The molecule has 3 aromatic rings. The molecule has 120 valence electrons. The molecular formula is C18H14N2O2S2. The summed E-state index contributed by atoms with van der Waals surface area (Å²) >= 11 is 1.50. The van der Waals surface area contributed by atoms with Crippen LogP contribution in [-0.2, 0) is 10.0 Å². The SMILES string of the molecule is N#Cc1ccc(S(=O)(=O)NC(c2ccccc2)c2cccs2)cc1. The molecule has 0 saturated carbocycles. The quantitative estimate of drug-likeness (QED) is 0.760. The van der Waals surface area contributed by atoms with Crippen LogP contribution in [0.25, 0.3) is 0 Å². The van der Waals surface area contributed by atoms with Crippen molar-refractivity contribution in [2.24, 2.45) is 0 Å². The molecule has 0 aliphatic heterocycles. The highest BCUT2D eigenvalue weighted by Crippen LogP contribution is 2.27. The number of hydrogen-bond acceptors (Lipinski definition) is 4. The standard InChI is InChI=1S/C18H14N2O2S2/c19-13-14-8-10-16(11-9-14)24(21,22)20-18(17-7-4-12-23-17)15-5-2-1-3-6-15/h1-12,18,20H. The summed E-state index contributed by atoms with van der Waals surface area (Å²) in [6.45, 7) is 0. The zero-order valence-electron chi connectivity index (χ0n) is 12.6. The van der Waals surface area contributed by atoms with Gasteiger partial charge < -0.3 is 0 Å². The van der Waals surface area contributed by atoms with Crippen LogP contribution in [0.4, 0.5) is 0 Å². The van der Waals surface area contributed by atoms with Gasteiger partial charge in [0.05, 0.1) is 22.6 Å². The Balaban J connectivity index is 1.96. The second-order valence-corrected chi connectivity index (χ2v) is 7.81. The molecule has 1 atom stereocenters. The minimum atomic E-state index is -3.71. The molecule has 0 aliphatic carbocycles. The second-order valence-electron chi connectivity index (χ2n) is 5.12. The van der Waals surface area contributed by atoms with Crippen molar-refractivity contribution >= 4 is 21.4 Å². The van der Waals surface area contributed by atoms with Crippen molar-refractivity contribution < 1.29 is 8.42 Å². The van der Waals surface area contributed by atoms with Gasteiger partial charge in [-0.2, -0.15) is 9.98 Å². The summed E-state index contributed by atoms with van der Waals surface area (Å²) in [7, 11) is -3.71. The minimum absolute atomic E-state index is 0.138. The van der Waals surface area contributed by atoms with E-state index >= 15 is 0 Å². The number of hydrogen-bond donors (Lipinski definition) is 1. The molecule has 0 aliphatic rings. The second kappa shape index (κ2) is 6.97. The number of nitrogens with one attached hydrogen (secondary N) is 1. The van der Waals surface area contributed by atoms with Gasteiger partial charge in [-0.25, -0.2) is 8.42 Å². The maximum atomic E-state index is 12.7. The Kier molecular flexibility index (Phi) is 4.76. The van der Waals surface area contributed by atoms with Gasteiger partial charge in [0.1, 0.15) is 0 Å². The Morgan fingerprint density at radius 3 is 2.25 bits per heavy atom. The van der Waals surface area contributed by atoms with Crippen LogP contribution in [0.3, 0.4) is 0 Å². The third kappa shape index (κ3) is 3.54. The minimum Gasteiger partial charge on any atom is -0.207 e. The van der Waals surface area contributed by atoms with Gasteiger partial charge in [-0.3, -0.25) is 0 Å². The van der Waals surface area contributed by atoms with E-state index in [0.717, 1.165) is 10.4 Å². The molecule has 0 fully saturated rings. The highest BCUT2D eigenvalue weighted by atomic mass is 32.2. The molecule has 0 saturated heterocycles. The van der Waals surface area contributed by atoms with Crippen LogP contribution in [0.1, 0.15) is 22.0 Å². The molecule has 4 nitrogen and oxygen atoms in total. The maximum Gasteiger partial charge on any atom is 0.241 e. The molecule has 0 radical (unpaired) electrons. The summed E-state index contributed by atoms with van der Waals surface area (Å²) in [6, 6.07) is 20.7. The Morgan fingerprint density at radius 2 is 1.67 bits per heavy atom. The average Bonchev–Trinajstić information content (AvgIpc) is 3.15. The number of nitriles is 1. The maximum absolute atomic E-state index is 12.7. The van der Waals surface area contributed by atoms with Crippen molar-refractivity contribution in [1.29, 1.82) is 5.26 Å². The van der Waals surface area contributed by atoms with Crippen molar-refractivity contribution in [2.75, 3.05) is 0 Å². The largest absolute Gasteiger partial charge is 0.241 e. The fourth-order valence-corrected chi connectivity index (χ4v) is 4.40. The summed E-state index contributed by atoms with van der Waals surface area (Å²) < 4.78 is 28.2. The molecule has 1 N–H and O–H groups in total. The summed E-state index contributed by atoms with van der Waals surface area (Å²) in [5, 5.41) is 10.8. The van der Waals surface area contributed by atoms with Crippen molar-refractivity contribution in [2.45, 2.75) is 10.9 Å². The van der Waals surface area contributed by atoms with Crippen LogP contribution in [0.5, 0.6) is 0 Å². The van der Waals surface area contributed by atoms with Crippen LogP contribution in [0.2, 0.25) is 0 Å². The van der Waals surface area contributed by atoms with Crippen LogP contribution in [-0.4, -0.2) is 8.42 Å². The van der Waals surface area contributed by atoms with Gasteiger partial charge in [0, 0.05) is 4.88 Å². The Morgan fingerprint density at radius 1 is 0.958 bits per heavy atom. The molecule has 24 heavy (non-hydrogen) atoms. The van der Waals surface area contributed by atoms with Gasteiger partial charge in [0.2, 0.25) is 10.0 Å². The summed E-state index contributed by atoms with van der Waals surface area (Å²) in [5.41, 5.74) is 1.30. The first-order valence-electron chi connectivity index (χ1n) is 7.21. The predicted molar refractivity (Wildman–Crippen MR) is 94.1 cm³/mol. The summed E-state index contributed by atoms with van der Waals surface area (Å²) in [6.07, 6.45) is 0. The van der Waals surface area contributed by atoms with Crippen molar-refractivity contribution in [3.8, 4) is 6.07 Å². The van der Waals surface area contributed by atoms with E-state index in [1.165, 1.54) is 35.6 Å². The lowest BCUT2D eigenvalue weighted by Crippen LogP contribution is -2.29. The Hall–Kier alpha value is -2.46. The first-order chi connectivity index (χ1) is 11.6. The molecule has 1 aromatic heterocycles. The molecule has 0 spiro atoms. The van der Waals surface area contributed by atoms with E-state index in [1.807, 2.05) is 53.9 Å². The number of thiophene rings is 1. The van der Waals surface area contributed by atoms with Crippen LogP contribution >= 0.6 is 11.3 Å². The molecule has 2 aromatic carbocycles. The number of sulfonamides is 1. The summed E-state index contributed by atoms with van der Waals surface area (Å²) in [5.74, 6) is 0. The lowest BCUT2D eigenvalue weighted by atomic mass is 10.1. The topological polar surface area (TPSA) is 70.0 Å². The predicted octanol–water partition coefficient (Wildman–Crippen LogP) is 3.69. The Labute approximate surface area is 145 Å². The first kappa shape index (κ1) is 16.4. The summed E-state index contributed by atoms with van der Waals surface area (Å²) in [4.78, 5) is 1.05. The van der Waals surface area contributed by atoms with E-state index in [2.05, 4.69) is 4.72 Å². The molecule has 3 rings (SSSR count). The normalized spacial score (nSPS) is 12.5. The fourth-order valence-electron chi connectivity index (χ4n) is 2.32.